The highest BCUT2D eigenvalue weighted by atomic mass is 19.1. The average molecular weight is 330 g/mol. The van der Waals surface area contributed by atoms with Crippen LogP contribution in [0, 0.1) is 5.82 Å². The zero-order valence-electron chi connectivity index (χ0n) is 13.6. The van der Waals surface area contributed by atoms with Gasteiger partial charge >= 0.3 is 0 Å². The number of hydrogen-bond donors (Lipinski definition) is 0. The van der Waals surface area contributed by atoms with Crippen LogP contribution in [-0.4, -0.2) is 17.1 Å². The molecule has 4 rings (SSSR count). The van der Waals surface area contributed by atoms with Crippen LogP contribution in [0.3, 0.4) is 0 Å². The standard InChI is InChI=1S/C21H15FN2O/c1-25-21-15(10-11-19-17(21)8-5-13-24-19)14-6-4-7-16(20(14)22)18-9-2-3-12-23-18/h2-13H,1H3. The largest absolute Gasteiger partial charge is 0.495 e. The highest BCUT2D eigenvalue weighted by molar-refractivity contribution is 5.93. The summed E-state index contributed by atoms with van der Waals surface area (Å²) < 4.78 is 20.8. The van der Waals surface area contributed by atoms with Gasteiger partial charge in [0.2, 0.25) is 0 Å². The van der Waals surface area contributed by atoms with Crippen molar-refractivity contribution in [3.05, 3.63) is 78.9 Å². The zero-order chi connectivity index (χ0) is 17.2. The third-order valence-corrected chi connectivity index (χ3v) is 4.17. The molecule has 0 saturated carbocycles. The number of fused-ring (bicyclic) bond motifs is 1. The van der Waals surface area contributed by atoms with Crippen molar-refractivity contribution < 1.29 is 9.13 Å². The lowest BCUT2D eigenvalue weighted by atomic mass is 9.98. The van der Waals surface area contributed by atoms with E-state index in [1.807, 2.05) is 42.5 Å². The number of benzene rings is 2. The Morgan fingerprint density at radius 1 is 0.760 bits per heavy atom. The molecular formula is C21H15FN2O. The van der Waals surface area contributed by atoms with E-state index in [0.717, 1.165) is 10.9 Å². The molecule has 0 amide bonds. The third kappa shape index (κ3) is 2.62. The van der Waals surface area contributed by atoms with Gasteiger partial charge in [-0.05, 0) is 42.5 Å². The lowest BCUT2D eigenvalue weighted by Crippen LogP contribution is -1.95. The summed E-state index contributed by atoms with van der Waals surface area (Å²) in [5, 5.41) is 0.852. The van der Waals surface area contributed by atoms with Crippen molar-refractivity contribution in [2.24, 2.45) is 0 Å². The molecule has 2 aromatic heterocycles. The Bertz CT molecular complexity index is 1050. The minimum absolute atomic E-state index is 0.317. The average Bonchev–Trinajstić information content (AvgIpc) is 2.68. The molecule has 0 saturated heterocycles. The second-order valence-electron chi connectivity index (χ2n) is 5.60. The Morgan fingerprint density at radius 2 is 1.60 bits per heavy atom. The number of methoxy groups -OCH3 is 1. The van der Waals surface area contributed by atoms with Gasteiger partial charge in [0, 0.05) is 34.5 Å². The number of aromatic nitrogens is 2. The van der Waals surface area contributed by atoms with Gasteiger partial charge in [0.15, 0.2) is 0 Å². The summed E-state index contributed by atoms with van der Waals surface area (Å²) in [6.45, 7) is 0. The van der Waals surface area contributed by atoms with E-state index in [4.69, 9.17) is 4.74 Å². The number of nitrogens with zero attached hydrogens (tertiary/aromatic N) is 2. The van der Waals surface area contributed by atoms with Crippen LogP contribution in [-0.2, 0) is 0 Å². The molecule has 0 bridgehead atoms. The second-order valence-corrected chi connectivity index (χ2v) is 5.60. The molecule has 0 fully saturated rings. The molecule has 0 aliphatic heterocycles. The molecule has 0 spiro atoms. The van der Waals surface area contributed by atoms with Crippen LogP contribution in [0.2, 0.25) is 0 Å². The Kier molecular flexibility index (Phi) is 3.86. The maximum Gasteiger partial charge on any atom is 0.140 e. The molecule has 0 atom stereocenters. The molecule has 2 aromatic carbocycles. The van der Waals surface area contributed by atoms with Gasteiger partial charge in [-0.25, -0.2) is 4.39 Å². The van der Waals surface area contributed by atoms with E-state index in [2.05, 4.69) is 9.97 Å². The Hall–Kier alpha value is -3.27. The predicted octanol–water partition coefficient (Wildman–Crippen LogP) is 5.11. The topological polar surface area (TPSA) is 35.0 Å². The highest BCUT2D eigenvalue weighted by Gasteiger charge is 2.17. The molecule has 122 valence electrons. The van der Waals surface area contributed by atoms with E-state index in [1.165, 1.54) is 0 Å². The number of halogens is 1. The summed E-state index contributed by atoms with van der Waals surface area (Å²) in [7, 11) is 1.59. The normalized spacial score (nSPS) is 10.8. The summed E-state index contributed by atoms with van der Waals surface area (Å²) in [4.78, 5) is 8.58. The van der Waals surface area contributed by atoms with Gasteiger partial charge in [-0.2, -0.15) is 0 Å². The summed E-state index contributed by atoms with van der Waals surface area (Å²) >= 11 is 0. The molecular weight excluding hydrogens is 315 g/mol. The molecule has 0 unspecified atom stereocenters. The molecule has 3 nitrogen and oxygen atoms in total. The molecule has 4 aromatic rings. The van der Waals surface area contributed by atoms with Crippen molar-refractivity contribution in [3.63, 3.8) is 0 Å². The molecule has 0 radical (unpaired) electrons. The number of pyridine rings is 2. The van der Waals surface area contributed by atoms with Gasteiger partial charge in [-0.3, -0.25) is 9.97 Å². The first kappa shape index (κ1) is 15.3. The van der Waals surface area contributed by atoms with E-state index in [9.17, 15) is 0 Å². The SMILES string of the molecule is COc1c(-c2cccc(-c3ccccn3)c2F)ccc2ncccc12. The fraction of sp³-hybridized carbons (Fsp3) is 0.0476. The van der Waals surface area contributed by atoms with Gasteiger partial charge in [-0.1, -0.05) is 18.2 Å². The van der Waals surface area contributed by atoms with E-state index < -0.39 is 0 Å². The quantitative estimate of drug-likeness (QED) is 0.523. The number of ether oxygens (including phenoxy) is 1. The van der Waals surface area contributed by atoms with Crippen molar-refractivity contribution in [3.8, 4) is 28.1 Å². The van der Waals surface area contributed by atoms with Crippen LogP contribution >= 0.6 is 0 Å². The minimum Gasteiger partial charge on any atom is -0.495 e. The highest BCUT2D eigenvalue weighted by Crippen LogP contribution is 2.39. The third-order valence-electron chi connectivity index (χ3n) is 4.17. The molecule has 0 aliphatic rings. The van der Waals surface area contributed by atoms with Gasteiger partial charge in [0.1, 0.15) is 11.6 Å². The maximum atomic E-state index is 15.2. The van der Waals surface area contributed by atoms with Crippen LogP contribution in [0.25, 0.3) is 33.3 Å². The first-order chi connectivity index (χ1) is 12.3. The van der Waals surface area contributed by atoms with Crippen molar-refractivity contribution >= 4 is 10.9 Å². The molecule has 2 heterocycles. The first-order valence-corrected chi connectivity index (χ1v) is 7.91. The molecule has 25 heavy (non-hydrogen) atoms. The van der Waals surface area contributed by atoms with Crippen LogP contribution in [0.4, 0.5) is 4.39 Å². The van der Waals surface area contributed by atoms with Crippen molar-refractivity contribution in [1.29, 1.82) is 0 Å². The van der Waals surface area contributed by atoms with Crippen LogP contribution in [0.1, 0.15) is 0 Å². The fourth-order valence-electron chi connectivity index (χ4n) is 3.02. The first-order valence-electron chi connectivity index (χ1n) is 7.91. The van der Waals surface area contributed by atoms with Gasteiger partial charge in [0.25, 0.3) is 0 Å². The van der Waals surface area contributed by atoms with Crippen molar-refractivity contribution in [1.82, 2.24) is 9.97 Å². The Balaban J connectivity index is 1.96. The Morgan fingerprint density at radius 3 is 2.40 bits per heavy atom. The second kappa shape index (κ2) is 6.32. The summed E-state index contributed by atoms with van der Waals surface area (Å²) in [6, 6.07) is 18.2. The summed E-state index contributed by atoms with van der Waals surface area (Å²) in [6.07, 6.45) is 3.38. The predicted molar refractivity (Wildman–Crippen MR) is 96.9 cm³/mol. The molecule has 4 heteroatoms. The summed E-state index contributed by atoms with van der Waals surface area (Å²) in [5.74, 6) is 0.297. The lowest BCUT2D eigenvalue weighted by Gasteiger charge is -2.14. The number of hydrogen-bond acceptors (Lipinski definition) is 3. The van der Waals surface area contributed by atoms with E-state index >= 15 is 4.39 Å². The Labute approximate surface area is 144 Å². The lowest BCUT2D eigenvalue weighted by molar-refractivity contribution is 0.421. The van der Waals surface area contributed by atoms with Gasteiger partial charge < -0.3 is 4.74 Å². The minimum atomic E-state index is -0.317. The maximum absolute atomic E-state index is 15.2. The van der Waals surface area contributed by atoms with E-state index in [-0.39, 0.29) is 5.82 Å². The zero-order valence-corrected chi connectivity index (χ0v) is 13.6. The van der Waals surface area contributed by atoms with Crippen LogP contribution in [0.5, 0.6) is 5.75 Å². The molecule has 0 N–H and O–H groups in total. The van der Waals surface area contributed by atoms with Crippen LogP contribution < -0.4 is 4.74 Å². The van der Waals surface area contributed by atoms with Crippen molar-refractivity contribution in [2.45, 2.75) is 0 Å². The van der Waals surface area contributed by atoms with Crippen molar-refractivity contribution in [2.75, 3.05) is 7.11 Å². The molecule has 0 aliphatic carbocycles. The fourth-order valence-corrected chi connectivity index (χ4v) is 3.02. The monoisotopic (exact) mass is 330 g/mol. The van der Waals surface area contributed by atoms with Gasteiger partial charge in [-0.15, -0.1) is 0 Å². The number of rotatable bonds is 3. The van der Waals surface area contributed by atoms with Crippen LogP contribution in [0.15, 0.2) is 73.1 Å². The smallest absolute Gasteiger partial charge is 0.140 e. The van der Waals surface area contributed by atoms with E-state index in [0.29, 0.717) is 28.1 Å². The van der Waals surface area contributed by atoms with E-state index in [1.54, 1.807) is 37.7 Å². The van der Waals surface area contributed by atoms with Gasteiger partial charge in [0.05, 0.1) is 18.3 Å². The summed E-state index contributed by atoms with van der Waals surface area (Å²) in [5.41, 5.74) is 3.04.